The van der Waals surface area contributed by atoms with Crippen LogP contribution in [0.15, 0.2) is 16.8 Å². The van der Waals surface area contributed by atoms with Gasteiger partial charge in [0.15, 0.2) is 0 Å². The van der Waals surface area contributed by atoms with Crippen molar-refractivity contribution in [1.29, 1.82) is 0 Å². The third kappa shape index (κ3) is 1.77. The number of aliphatic carboxylic acids is 1. The summed E-state index contributed by atoms with van der Waals surface area (Å²) >= 11 is 1.51. The van der Waals surface area contributed by atoms with E-state index in [0.29, 0.717) is 5.82 Å². The van der Waals surface area contributed by atoms with Crippen molar-refractivity contribution in [2.24, 2.45) is 0 Å². The Labute approximate surface area is 82.8 Å². The fourth-order valence-electron chi connectivity index (χ4n) is 0.933. The quantitative estimate of drug-likeness (QED) is 0.657. The lowest BCUT2D eigenvalue weighted by molar-refractivity contribution is -0.307. The summed E-state index contributed by atoms with van der Waals surface area (Å²) < 4.78 is 0. The van der Waals surface area contributed by atoms with Crippen LogP contribution in [0, 0.1) is 0 Å². The molecule has 0 aliphatic heterocycles. The average Bonchev–Trinajstić information content (AvgIpc) is 2.69. The van der Waals surface area contributed by atoms with Crippen molar-refractivity contribution in [3.63, 3.8) is 0 Å². The first kappa shape index (κ1) is 8.82. The molecule has 2 rings (SSSR count). The van der Waals surface area contributed by atoms with Gasteiger partial charge in [0.1, 0.15) is 6.54 Å². The molecule has 2 heterocycles. The summed E-state index contributed by atoms with van der Waals surface area (Å²) in [5, 5.41) is 25.1. The van der Waals surface area contributed by atoms with E-state index in [1.54, 1.807) is 0 Å². The molecule has 0 fully saturated rings. The van der Waals surface area contributed by atoms with E-state index in [2.05, 4.69) is 15.4 Å². The van der Waals surface area contributed by atoms with E-state index in [1.807, 2.05) is 16.8 Å². The zero-order valence-electron chi connectivity index (χ0n) is 6.95. The monoisotopic (exact) mass is 209 g/mol. The minimum atomic E-state index is -1.24. The van der Waals surface area contributed by atoms with E-state index in [4.69, 9.17) is 0 Å². The third-order valence-electron chi connectivity index (χ3n) is 1.50. The highest BCUT2D eigenvalue weighted by Crippen LogP contribution is 2.16. The number of carboxylic acids is 1. The van der Waals surface area contributed by atoms with E-state index < -0.39 is 5.97 Å². The molecule has 0 saturated carbocycles. The van der Waals surface area contributed by atoms with Gasteiger partial charge in [-0.3, -0.25) is 0 Å². The number of carbonyl (C=O) groups excluding carboxylic acids is 1. The van der Waals surface area contributed by atoms with Gasteiger partial charge in [-0.15, -0.1) is 10.2 Å². The minimum absolute atomic E-state index is 0.378. The van der Waals surface area contributed by atoms with Crippen LogP contribution in [-0.4, -0.2) is 26.2 Å². The predicted octanol–water partition coefficient (Wildman–Crippen LogP) is -0.849. The van der Waals surface area contributed by atoms with Crippen LogP contribution in [0.3, 0.4) is 0 Å². The number of carbonyl (C=O) groups is 1. The van der Waals surface area contributed by atoms with Gasteiger partial charge in [0.2, 0.25) is 5.82 Å². The molecule has 72 valence electrons. The summed E-state index contributed by atoms with van der Waals surface area (Å²) in [6, 6.07) is 1.84. The van der Waals surface area contributed by atoms with Gasteiger partial charge < -0.3 is 9.90 Å². The second-order valence-corrected chi connectivity index (χ2v) is 3.31. The number of tetrazole rings is 1. The lowest BCUT2D eigenvalue weighted by Gasteiger charge is -1.96. The highest BCUT2D eigenvalue weighted by Gasteiger charge is 2.05. The fraction of sp³-hybridized carbons (Fsp3) is 0.143. The minimum Gasteiger partial charge on any atom is -0.548 e. The molecule has 0 spiro atoms. The Morgan fingerprint density at radius 1 is 1.64 bits per heavy atom. The van der Waals surface area contributed by atoms with E-state index in [0.717, 1.165) is 10.4 Å². The number of hydrogen-bond donors (Lipinski definition) is 0. The Morgan fingerprint density at radius 2 is 2.50 bits per heavy atom. The molecule has 0 atom stereocenters. The molecule has 2 aromatic rings. The first-order valence-corrected chi connectivity index (χ1v) is 4.70. The summed E-state index contributed by atoms with van der Waals surface area (Å²) in [5.74, 6) is -0.813. The number of rotatable bonds is 3. The van der Waals surface area contributed by atoms with Crippen molar-refractivity contribution in [3.05, 3.63) is 16.8 Å². The van der Waals surface area contributed by atoms with Gasteiger partial charge in [0.05, 0.1) is 5.97 Å². The summed E-state index contributed by atoms with van der Waals surface area (Å²) in [6.07, 6.45) is 0. The molecule has 7 heteroatoms. The Balaban J connectivity index is 2.22. The maximum atomic E-state index is 10.2. The molecule has 0 bridgehead atoms. The van der Waals surface area contributed by atoms with Gasteiger partial charge >= 0.3 is 0 Å². The topological polar surface area (TPSA) is 83.7 Å². The molecule has 2 aromatic heterocycles. The molecule has 0 radical (unpaired) electrons. The highest BCUT2D eigenvalue weighted by atomic mass is 32.1. The third-order valence-corrected chi connectivity index (χ3v) is 2.19. The second kappa shape index (κ2) is 3.54. The molecule has 0 aliphatic carbocycles. The van der Waals surface area contributed by atoms with E-state index in [1.165, 1.54) is 11.3 Å². The molecular formula is C7H5N4O2S-. The van der Waals surface area contributed by atoms with Crippen LogP contribution in [0.5, 0.6) is 0 Å². The van der Waals surface area contributed by atoms with E-state index in [9.17, 15) is 9.90 Å². The van der Waals surface area contributed by atoms with Gasteiger partial charge in [-0.1, -0.05) is 0 Å². The normalized spacial score (nSPS) is 10.3. The van der Waals surface area contributed by atoms with Crippen molar-refractivity contribution in [2.45, 2.75) is 6.54 Å². The lowest BCUT2D eigenvalue weighted by atomic mass is 10.3. The summed E-state index contributed by atoms with van der Waals surface area (Å²) in [4.78, 5) is 11.2. The molecule has 0 aromatic carbocycles. The van der Waals surface area contributed by atoms with Crippen LogP contribution in [0.2, 0.25) is 0 Å². The predicted molar refractivity (Wildman–Crippen MR) is 46.1 cm³/mol. The van der Waals surface area contributed by atoms with E-state index in [-0.39, 0.29) is 6.54 Å². The molecule has 0 N–H and O–H groups in total. The van der Waals surface area contributed by atoms with Gasteiger partial charge in [0, 0.05) is 10.9 Å². The number of aromatic nitrogens is 4. The van der Waals surface area contributed by atoms with Gasteiger partial charge in [-0.05, 0) is 16.7 Å². The Bertz CT molecular complexity index is 436. The Hall–Kier alpha value is -1.76. The number of thiophene rings is 1. The highest BCUT2D eigenvalue weighted by molar-refractivity contribution is 7.08. The zero-order valence-corrected chi connectivity index (χ0v) is 7.77. The maximum Gasteiger partial charge on any atom is 0.205 e. The lowest BCUT2D eigenvalue weighted by Crippen LogP contribution is -2.28. The number of nitrogens with zero attached hydrogens (tertiary/aromatic N) is 4. The van der Waals surface area contributed by atoms with Crippen molar-refractivity contribution in [2.75, 3.05) is 0 Å². The fourth-order valence-corrected chi connectivity index (χ4v) is 1.57. The van der Waals surface area contributed by atoms with Crippen LogP contribution in [-0.2, 0) is 11.3 Å². The summed E-state index contributed by atoms with van der Waals surface area (Å²) in [7, 11) is 0. The molecule has 0 amide bonds. The Kier molecular flexibility index (Phi) is 2.23. The van der Waals surface area contributed by atoms with Gasteiger partial charge in [0.25, 0.3) is 0 Å². The average molecular weight is 209 g/mol. The van der Waals surface area contributed by atoms with Crippen LogP contribution < -0.4 is 5.11 Å². The van der Waals surface area contributed by atoms with Crippen molar-refractivity contribution >= 4 is 17.3 Å². The SMILES string of the molecule is O=C([O-])Cn1nnc(-c2ccsc2)n1. The first-order valence-electron chi connectivity index (χ1n) is 3.76. The molecule has 6 nitrogen and oxygen atoms in total. The first-order chi connectivity index (χ1) is 6.75. The van der Waals surface area contributed by atoms with Crippen molar-refractivity contribution < 1.29 is 9.90 Å². The maximum absolute atomic E-state index is 10.2. The van der Waals surface area contributed by atoms with Crippen LogP contribution in [0.4, 0.5) is 0 Å². The molecule has 14 heavy (non-hydrogen) atoms. The zero-order chi connectivity index (χ0) is 9.97. The molecule has 0 saturated heterocycles. The second-order valence-electron chi connectivity index (χ2n) is 2.53. The number of carboxylic acid groups (broad SMARTS) is 1. The molecular weight excluding hydrogens is 204 g/mol. The van der Waals surface area contributed by atoms with E-state index >= 15 is 0 Å². The number of hydrogen-bond acceptors (Lipinski definition) is 6. The molecule has 0 aliphatic rings. The van der Waals surface area contributed by atoms with Crippen molar-refractivity contribution in [1.82, 2.24) is 20.2 Å². The molecule has 0 unspecified atom stereocenters. The summed E-state index contributed by atoms with van der Waals surface area (Å²) in [5.41, 5.74) is 0.833. The van der Waals surface area contributed by atoms with Gasteiger partial charge in [-0.2, -0.15) is 16.1 Å². The van der Waals surface area contributed by atoms with Crippen molar-refractivity contribution in [3.8, 4) is 11.4 Å². The largest absolute Gasteiger partial charge is 0.548 e. The van der Waals surface area contributed by atoms with Crippen LogP contribution in [0.1, 0.15) is 0 Å². The van der Waals surface area contributed by atoms with Crippen LogP contribution >= 0.6 is 11.3 Å². The Morgan fingerprint density at radius 3 is 3.14 bits per heavy atom. The standard InChI is InChI=1S/C7H6N4O2S/c12-6(13)3-11-9-7(8-10-11)5-1-2-14-4-5/h1-2,4H,3H2,(H,12,13)/p-1. The van der Waals surface area contributed by atoms with Crippen LogP contribution in [0.25, 0.3) is 11.4 Å². The smallest absolute Gasteiger partial charge is 0.205 e. The summed E-state index contributed by atoms with van der Waals surface area (Å²) in [6.45, 7) is -0.378. The van der Waals surface area contributed by atoms with Gasteiger partial charge in [-0.25, -0.2) is 0 Å².